The van der Waals surface area contributed by atoms with E-state index in [-0.39, 0.29) is 16.3 Å². The molecule has 1 amide bonds. The highest BCUT2D eigenvalue weighted by atomic mass is 35.5. The Morgan fingerprint density at radius 2 is 1.90 bits per heavy atom. The first-order valence-corrected chi connectivity index (χ1v) is 11.6. The first-order valence-electron chi connectivity index (χ1n) is 9.15. The summed E-state index contributed by atoms with van der Waals surface area (Å²) in [7, 11) is -1.87. The summed E-state index contributed by atoms with van der Waals surface area (Å²) in [5.41, 5.74) is 2.85. The monoisotopic (exact) mass is 462 g/mol. The molecule has 3 rings (SSSR count). The molecule has 1 aromatic heterocycles. The van der Waals surface area contributed by atoms with Crippen LogP contribution in [0.25, 0.3) is 11.1 Å². The first-order chi connectivity index (χ1) is 14.6. The van der Waals surface area contributed by atoms with Gasteiger partial charge >= 0.3 is 0 Å². The molecule has 3 aromatic rings. The van der Waals surface area contributed by atoms with Gasteiger partial charge in [-0.2, -0.15) is 0 Å². The van der Waals surface area contributed by atoms with E-state index >= 15 is 0 Å². The topological polar surface area (TPSA) is 85.4 Å². The highest BCUT2D eigenvalue weighted by Gasteiger charge is 2.17. The Bertz CT molecular complexity index is 1260. The number of halogens is 2. The molecule has 31 heavy (non-hydrogen) atoms. The zero-order chi connectivity index (χ0) is 22.8. The van der Waals surface area contributed by atoms with Gasteiger partial charge in [0.25, 0.3) is 5.91 Å². The fraction of sp³-hybridized carbons (Fsp3) is 0.182. The second-order valence-corrected chi connectivity index (χ2v) is 9.66. The molecular formula is C22H20ClFN2O4S. The lowest BCUT2D eigenvalue weighted by atomic mass is 10.0. The molecule has 2 aromatic carbocycles. The molecule has 0 aliphatic carbocycles. The van der Waals surface area contributed by atoms with Crippen LogP contribution in [0.15, 0.2) is 48.7 Å². The molecule has 0 unspecified atom stereocenters. The van der Waals surface area contributed by atoms with Crippen molar-refractivity contribution in [3.63, 3.8) is 0 Å². The summed E-state index contributed by atoms with van der Waals surface area (Å²) in [6.45, 7) is 1.79. The summed E-state index contributed by atoms with van der Waals surface area (Å²) in [6, 6.07) is 10.3. The van der Waals surface area contributed by atoms with Gasteiger partial charge in [-0.05, 0) is 48.9 Å². The lowest BCUT2D eigenvalue weighted by Gasteiger charge is -2.15. The second kappa shape index (κ2) is 9.03. The second-order valence-electron chi connectivity index (χ2n) is 7.09. The number of nitrogens with zero attached hydrogens (tertiary/aromatic N) is 1. The van der Waals surface area contributed by atoms with Crippen LogP contribution in [0.5, 0.6) is 5.75 Å². The van der Waals surface area contributed by atoms with Crippen molar-refractivity contribution in [1.82, 2.24) is 4.98 Å². The Morgan fingerprint density at radius 3 is 2.58 bits per heavy atom. The molecule has 0 aliphatic rings. The minimum Gasteiger partial charge on any atom is -0.496 e. The summed E-state index contributed by atoms with van der Waals surface area (Å²) in [4.78, 5) is 17.2. The van der Waals surface area contributed by atoms with Crippen LogP contribution in [0.2, 0.25) is 5.02 Å². The van der Waals surface area contributed by atoms with E-state index in [4.69, 9.17) is 16.3 Å². The van der Waals surface area contributed by atoms with Gasteiger partial charge < -0.3 is 10.1 Å². The van der Waals surface area contributed by atoms with Crippen LogP contribution in [-0.4, -0.2) is 32.7 Å². The maximum absolute atomic E-state index is 13.6. The van der Waals surface area contributed by atoms with Crippen molar-refractivity contribution in [1.29, 1.82) is 0 Å². The van der Waals surface area contributed by atoms with Gasteiger partial charge in [0.2, 0.25) is 0 Å². The lowest BCUT2D eigenvalue weighted by Crippen LogP contribution is -2.14. The number of aromatic nitrogens is 1. The Morgan fingerprint density at radius 1 is 1.16 bits per heavy atom. The van der Waals surface area contributed by atoms with Crippen molar-refractivity contribution >= 4 is 33.0 Å². The number of anilines is 1. The summed E-state index contributed by atoms with van der Waals surface area (Å²) in [5.74, 6) is -0.878. The highest BCUT2D eigenvalue weighted by Crippen LogP contribution is 2.36. The van der Waals surface area contributed by atoms with E-state index in [0.717, 1.165) is 6.26 Å². The van der Waals surface area contributed by atoms with E-state index in [9.17, 15) is 17.6 Å². The SMILES string of the molecule is COc1cc(F)ccc1-c1cc(C)ncc1NC(=O)c1cc(Cl)cc(CS(C)(=O)=O)c1. The summed E-state index contributed by atoms with van der Waals surface area (Å²) >= 11 is 6.09. The number of hydrogen-bond donors (Lipinski definition) is 1. The highest BCUT2D eigenvalue weighted by molar-refractivity contribution is 7.89. The van der Waals surface area contributed by atoms with E-state index in [1.54, 1.807) is 19.1 Å². The normalized spacial score (nSPS) is 11.3. The average Bonchev–Trinajstić information content (AvgIpc) is 2.67. The van der Waals surface area contributed by atoms with Crippen LogP contribution >= 0.6 is 11.6 Å². The molecule has 1 N–H and O–H groups in total. The standard InChI is InChI=1S/C22H20ClFN2O4S/c1-13-6-19(18-5-4-17(24)10-21(18)30-2)20(11-25-13)26-22(27)15-7-14(8-16(23)9-15)12-31(3,28)29/h4-11H,12H2,1-3H3,(H,26,27). The maximum Gasteiger partial charge on any atom is 0.255 e. The number of carbonyl (C=O) groups is 1. The van der Waals surface area contributed by atoms with Crippen molar-refractivity contribution < 1.29 is 22.3 Å². The predicted molar refractivity (Wildman–Crippen MR) is 119 cm³/mol. The summed E-state index contributed by atoms with van der Waals surface area (Å²) < 4.78 is 42.2. The van der Waals surface area contributed by atoms with E-state index in [1.165, 1.54) is 43.6 Å². The van der Waals surface area contributed by atoms with Gasteiger partial charge in [-0.1, -0.05) is 11.6 Å². The van der Waals surface area contributed by atoms with E-state index < -0.39 is 21.6 Å². The molecule has 1 heterocycles. The number of pyridine rings is 1. The molecular weight excluding hydrogens is 443 g/mol. The molecule has 6 nitrogen and oxygen atoms in total. The van der Waals surface area contributed by atoms with Crippen molar-refractivity contribution in [3.05, 3.63) is 76.3 Å². The van der Waals surface area contributed by atoms with Crippen LogP contribution < -0.4 is 10.1 Å². The minimum absolute atomic E-state index is 0.198. The summed E-state index contributed by atoms with van der Waals surface area (Å²) in [6.07, 6.45) is 2.60. The van der Waals surface area contributed by atoms with Gasteiger partial charge in [-0.25, -0.2) is 12.8 Å². The number of rotatable bonds is 6. The fourth-order valence-electron chi connectivity index (χ4n) is 3.13. The molecule has 162 valence electrons. The number of sulfone groups is 1. The number of carbonyl (C=O) groups excluding carboxylic acids is 1. The quantitative estimate of drug-likeness (QED) is 0.576. The van der Waals surface area contributed by atoms with Crippen molar-refractivity contribution in [2.45, 2.75) is 12.7 Å². The Hall–Kier alpha value is -2.97. The summed E-state index contributed by atoms with van der Waals surface area (Å²) in [5, 5.41) is 3.02. The van der Waals surface area contributed by atoms with Crippen molar-refractivity contribution in [3.8, 4) is 16.9 Å². The Balaban J connectivity index is 2.00. The maximum atomic E-state index is 13.6. The fourth-order valence-corrected chi connectivity index (χ4v) is 4.16. The molecule has 0 spiro atoms. The number of hydrogen-bond acceptors (Lipinski definition) is 5. The van der Waals surface area contributed by atoms with E-state index in [2.05, 4.69) is 10.3 Å². The number of methoxy groups -OCH3 is 1. The van der Waals surface area contributed by atoms with Crippen LogP contribution in [0.1, 0.15) is 21.6 Å². The molecule has 9 heteroatoms. The number of ether oxygens (including phenoxy) is 1. The molecule has 0 atom stereocenters. The number of amides is 1. The van der Waals surface area contributed by atoms with Crippen LogP contribution in [0, 0.1) is 12.7 Å². The molecule has 0 aliphatic heterocycles. The number of aryl methyl sites for hydroxylation is 1. The van der Waals surface area contributed by atoms with Crippen LogP contribution in [-0.2, 0) is 15.6 Å². The minimum atomic E-state index is -3.30. The third kappa shape index (κ3) is 5.80. The Kier molecular flexibility index (Phi) is 6.62. The zero-order valence-electron chi connectivity index (χ0n) is 17.1. The smallest absolute Gasteiger partial charge is 0.255 e. The third-order valence-corrected chi connectivity index (χ3v) is 5.47. The van der Waals surface area contributed by atoms with Crippen molar-refractivity contribution in [2.75, 3.05) is 18.7 Å². The number of nitrogens with one attached hydrogen (secondary N) is 1. The Labute approximate surface area is 185 Å². The average molecular weight is 463 g/mol. The molecule has 0 fully saturated rings. The van der Waals surface area contributed by atoms with Crippen molar-refractivity contribution in [2.24, 2.45) is 0 Å². The first kappa shape index (κ1) is 22.7. The van der Waals surface area contributed by atoms with Gasteiger partial charge in [0.05, 0.1) is 24.7 Å². The van der Waals surface area contributed by atoms with Gasteiger partial charge in [0.1, 0.15) is 11.6 Å². The van der Waals surface area contributed by atoms with Gasteiger partial charge in [-0.3, -0.25) is 9.78 Å². The van der Waals surface area contributed by atoms with E-state index in [1.807, 2.05) is 0 Å². The van der Waals surface area contributed by atoms with Gasteiger partial charge in [0, 0.05) is 39.7 Å². The van der Waals surface area contributed by atoms with Gasteiger partial charge in [-0.15, -0.1) is 0 Å². The van der Waals surface area contributed by atoms with Crippen LogP contribution in [0.3, 0.4) is 0 Å². The zero-order valence-corrected chi connectivity index (χ0v) is 18.6. The molecule has 0 saturated heterocycles. The molecule has 0 radical (unpaired) electrons. The predicted octanol–water partition coefficient (Wildman–Crippen LogP) is 4.66. The molecule has 0 bridgehead atoms. The van der Waals surface area contributed by atoms with Gasteiger partial charge in [0.15, 0.2) is 9.84 Å². The largest absolute Gasteiger partial charge is 0.496 e. The van der Waals surface area contributed by atoms with E-state index in [0.29, 0.717) is 33.8 Å². The third-order valence-electron chi connectivity index (χ3n) is 4.39. The van der Waals surface area contributed by atoms with Crippen LogP contribution in [0.4, 0.5) is 10.1 Å². The lowest BCUT2D eigenvalue weighted by molar-refractivity contribution is 0.102. The molecule has 0 saturated carbocycles. The number of benzene rings is 2.